The van der Waals surface area contributed by atoms with Crippen molar-refractivity contribution in [1.29, 1.82) is 0 Å². The minimum absolute atomic E-state index is 0.0535. The molecule has 0 unspecified atom stereocenters. The fraction of sp³-hybridized carbons (Fsp3) is 0.222. The van der Waals surface area contributed by atoms with Crippen molar-refractivity contribution < 1.29 is 18.0 Å². The van der Waals surface area contributed by atoms with Crippen LogP contribution < -0.4 is 5.32 Å². The van der Waals surface area contributed by atoms with Crippen LogP contribution >= 0.6 is 0 Å². The molecule has 0 spiro atoms. The number of hydrogen-bond donors (Lipinski definition) is 1. The van der Waals surface area contributed by atoms with Gasteiger partial charge in [0.15, 0.2) is 0 Å². The summed E-state index contributed by atoms with van der Waals surface area (Å²) in [6, 6.07) is 6.95. The van der Waals surface area contributed by atoms with E-state index in [2.05, 4.69) is 20.4 Å². The van der Waals surface area contributed by atoms with Crippen LogP contribution in [0.2, 0.25) is 0 Å². The van der Waals surface area contributed by atoms with Crippen LogP contribution in [0.4, 0.5) is 19.0 Å². The highest BCUT2D eigenvalue weighted by molar-refractivity contribution is 5.95. The largest absolute Gasteiger partial charge is 0.416 e. The second-order valence-corrected chi connectivity index (χ2v) is 6.20. The first-order chi connectivity index (χ1) is 12.9. The zero-order valence-corrected chi connectivity index (χ0v) is 14.2. The van der Waals surface area contributed by atoms with Gasteiger partial charge in [-0.05, 0) is 24.6 Å². The normalized spacial score (nSPS) is 16.7. The molecule has 0 aliphatic carbocycles. The summed E-state index contributed by atoms with van der Waals surface area (Å²) in [5.74, 6) is -0.616. The van der Waals surface area contributed by atoms with E-state index in [0.29, 0.717) is 17.1 Å². The first kappa shape index (κ1) is 17.2. The standard InChI is InChI=1S/C18H14F3N5O/c1-10-15-12(11-5-2-3-6-13(11)18(19,20)21)9-14(27)24-16(15)26(25-10)17-22-7-4-8-23-17/h2-8,12H,9H2,1H3,(H,24,27)/t12-/m0/s1. The molecule has 1 aliphatic heterocycles. The Hall–Kier alpha value is -3.23. The van der Waals surface area contributed by atoms with Crippen molar-refractivity contribution in [2.24, 2.45) is 0 Å². The number of hydrogen-bond acceptors (Lipinski definition) is 4. The van der Waals surface area contributed by atoms with Gasteiger partial charge in [0.2, 0.25) is 5.91 Å². The summed E-state index contributed by atoms with van der Waals surface area (Å²) < 4.78 is 41.9. The summed E-state index contributed by atoms with van der Waals surface area (Å²) >= 11 is 0. The van der Waals surface area contributed by atoms with Crippen LogP contribution in [0.25, 0.3) is 5.95 Å². The maximum absolute atomic E-state index is 13.5. The number of amides is 1. The maximum Gasteiger partial charge on any atom is 0.416 e. The first-order valence-electron chi connectivity index (χ1n) is 8.19. The third-order valence-corrected chi connectivity index (χ3v) is 4.49. The van der Waals surface area contributed by atoms with Crippen molar-refractivity contribution in [3.05, 3.63) is 65.1 Å². The van der Waals surface area contributed by atoms with E-state index in [1.54, 1.807) is 13.0 Å². The molecular weight excluding hydrogens is 359 g/mol. The van der Waals surface area contributed by atoms with Gasteiger partial charge in [-0.15, -0.1) is 0 Å². The van der Waals surface area contributed by atoms with Gasteiger partial charge in [-0.3, -0.25) is 4.79 Å². The fourth-order valence-corrected chi connectivity index (χ4v) is 3.42. The lowest BCUT2D eigenvalue weighted by Crippen LogP contribution is -2.26. The Bertz CT molecular complexity index is 1010. The molecule has 1 amide bonds. The predicted molar refractivity (Wildman–Crippen MR) is 90.4 cm³/mol. The zero-order valence-electron chi connectivity index (χ0n) is 14.2. The van der Waals surface area contributed by atoms with Gasteiger partial charge in [-0.1, -0.05) is 18.2 Å². The second-order valence-electron chi connectivity index (χ2n) is 6.20. The Labute approximate surface area is 152 Å². The number of rotatable bonds is 2. The zero-order chi connectivity index (χ0) is 19.2. The number of nitrogens with zero attached hydrogens (tertiary/aromatic N) is 4. The van der Waals surface area contributed by atoms with Crippen LogP contribution in [0, 0.1) is 6.92 Å². The number of aromatic nitrogens is 4. The van der Waals surface area contributed by atoms with Gasteiger partial charge in [0, 0.05) is 30.3 Å². The van der Waals surface area contributed by atoms with Gasteiger partial charge < -0.3 is 5.32 Å². The van der Waals surface area contributed by atoms with E-state index >= 15 is 0 Å². The summed E-state index contributed by atoms with van der Waals surface area (Å²) in [4.78, 5) is 20.5. The van der Waals surface area contributed by atoms with Gasteiger partial charge >= 0.3 is 6.18 Å². The summed E-state index contributed by atoms with van der Waals surface area (Å²) in [5.41, 5.74) is 0.356. The summed E-state index contributed by atoms with van der Waals surface area (Å²) in [6.45, 7) is 1.69. The molecule has 4 rings (SSSR count). The van der Waals surface area contributed by atoms with E-state index in [-0.39, 0.29) is 23.8 Å². The molecule has 0 bridgehead atoms. The summed E-state index contributed by atoms with van der Waals surface area (Å²) in [5, 5.41) is 7.07. The third kappa shape index (κ3) is 2.94. The van der Waals surface area contributed by atoms with E-state index < -0.39 is 17.7 Å². The van der Waals surface area contributed by atoms with Crippen molar-refractivity contribution in [2.45, 2.75) is 25.4 Å². The van der Waals surface area contributed by atoms with Crippen LogP contribution in [0.15, 0.2) is 42.7 Å². The highest BCUT2D eigenvalue weighted by Crippen LogP contribution is 2.44. The topological polar surface area (TPSA) is 72.7 Å². The van der Waals surface area contributed by atoms with E-state index in [1.165, 1.54) is 35.3 Å². The number of benzene rings is 1. The average molecular weight is 373 g/mol. The lowest BCUT2D eigenvalue weighted by molar-refractivity contribution is -0.138. The number of aryl methyl sites for hydroxylation is 1. The highest BCUT2D eigenvalue weighted by atomic mass is 19.4. The lowest BCUT2D eigenvalue weighted by Gasteiger charge is -2.26. The minimum atomic E-state index is -4.52. The van der Waals surface area contributed by atoms with Crippen LogP contribution in [-0.4, -0.2) is 25.7 Å². The van der Waals surface area contributed by atoms with Crippen LogP contribution in [0.1, 0.15) is 34.7 Å². The number of fused-ring (bicyclic) bond motifs is 1. The molecule has 1 N–H and O–H groups in total. The number of carbonyl (C=O) groups excluding carboxylic acids is 1. The monoisotopic (exact) mass is 373 g/mol. The number of halogens is 3. The Kier molecular flexibility index (Phi) is 3.94. The minimum Gasteiger partial charge on any atom is -0.310 e. The predicted octanol–water partition coefficient (Wildman–Crippen LogP) is 3.46. The van der Waals surface area contributed by atoms with E-state index in [4.69, 9.17) is 0 Å². The fourth-order valence-electron chi connectivity index (χ4n) is 3.42. The SMILES string of the molecule is Cc1nn(-c2ncccn2)c2c1[C@H](c1ccccc1C(F)(F)F)CC(=O)N2. The molecule has 138 valence electrons. The quantitative estimate of drug-likeness (QED) is 0.747. The van der Waals surface area contributed by atoms with Gasteiger partial charge in [-0.2, -0.15) is 23.0 Å². The van der Waals surface area contributed by atoms with Crippen molar-refractivity contribution in [2.75, 3.05) is 5.32 Å². The summed E-state index contributed by atoms with van der Waals surface area (Å²) in [6.07, 6.45) is -1.57. The molecule has 0 saturated carbocycles. The van der Waals surface area contributed by atoms with Crippen molar-refractivity contribution in [1.82, 2.24) is 19.7 Å². The molecule has 1 aliphatic rings. The number of carbonyl (C=O) groups is 1. The molecule has 0 fully saturated rings. The van der Waals surface area contributed by atoms with Crippen molar-refractivity contribution in [3.63, 3.8) is 0 Å². The molecule has 2 aromatic heterocycles. The summed E-state index contributed by atoms with van der Waals surface area (Å²) in [7, 11) is 0. The Morgan fingerprint density at radius 2 is 1.85 bits per heavy atom. The molecule has 6 nitrogen and oxygen atoms in total. The molecule has 3 heterocycles. The average Bonchev–Trinajstić information content (AvgIpc) is 2.97. The number of alkyl halides is 3. The van der Waals surface area contributed by atoms with E-state index in [0.717, 1.165) is 6.07 Å². The number of anilines is 1. The third-order valence-electron chi connectivity index (χ3n) is 4.49. The molecule has 0 radical (unpaired) electrons. The van der Waals surface area contributed by atoms with Gasteiger partial charge in [0.05, 0.1) is 11.3 Å². The van der Waals surface area contributed by atoms with Gasteiger partial charge in [0.25, 0.3) is 5.95 Å². The second kappa shape index (κ2) is 6.19. The molecule has 9 heteroatoms. The van der Waals surface area contributed by atoms with Crippen LogP contribution in [0.3, 0.4) is 0 Å². The first-order valence-corrected chi connectivity index (χ1v) is 8.19. The molecular formula is C18H14F3N5O. The van der Waals surface area contributed by atoms with Gasteiger partial charge in [0.1, 0.15) is 5.82 Å². The Morgan fingerprint density at radius 1 is 1.15 bits per heavy atom. The Morgan fingerprint density at radius 3 is 2.56 bits per heavy atom. The molecule has 1 atom stereocenters. The van der Waals surface area contributed by atoms with Crippen molar-refractivity contribution >= 4 is 11.7 Å². The van der Waals surface area contributed by atoms with E-state index in [1.807, 2.05) is 0 Å². The maximum atomic E-state index is 13.5. The Balaban J connectivity index is 1.92. The lowest BCUT2D eigenvalue weighted by atomic mass is 9.83. The smallest absolute Gasteiger partial charge is 0.310 e. The molecule has 27 heavy (non-hydrogen) atoms. The molecule has 3 aromatic rings. The van der Waals surface area contributed by atoms with E-state index in [9.17, 15) is 18.0 Å². The molecule has 0 saturated heterocycles. The van der Waals surface area contributed by atoms with Crippen LogP contribution in [0.5, 0.6) is 0 Å². The molecule has 1 aromatic carbocycles. The highest BCUT2D eigenvalue weighted by Gasteiger charge is 2.39. The van der Waals surface area contributed by atoms with Crippen molar-refractivity contribution in [3.8, 4) is 5.95 Å². The number of nitrogens with one attached hydrogen (secondary N) is 1. The van der Waals surface area contributed by atoms with Gasteiger partial charge in [-0.25, -0.2) is 9.97 Å². The van der Waals surface area contributed by atoms with Crippen LogP contribution in [-0.2, 0) is 11.0 Å².